The van der Waals surface area contributed by atoms with E-state index in [1.807, 2.05) is 4.90 Å². The molecule has 0 atom stereocenters. The molecule has 1 fully saturated rings. The van der Waals surface area contributed by atoms with Gasteiger partial charge >= 0.3 is 0 Å². The van der Waals surface area contributed by atoms with Crippen molar-refractivity contribution in [3.8, 4) is 0 Å². The molecule has 3 N–H and O–H groups in total. The number of nitrogens with one attached hydrogen (secondary N) is 1. The average molecular weight is 173 g/mol. The number of nitrogens with two attached hydrogens (primary N) is 1. The molecule has 0 radical (unpaired) electrons. The maximum Gasteiger partial charge on any atom is 0.236 e. The number of likely N-dealkylation sites (tertiary alicyclic amines) is 1. The van der Waals surface area contributed by atoms with Gasteiger partial charge in [0.25, 0.3) is 0 Å². The Labute approximate surface area is 70.7 Å². The zero-order chi connectivity index (χ0) is 8.27. The van der Waals surface area contributed by atoms with E-state index in [0.717, 1.165) is 13.1 Å². The molecule has 0 bridgehead atoms. The normalized spacial score (nSPS) is 15.5. The van der Waals surface area contributed by atoms with Crippen LogP contribution in [0.25, 0.3) is 0 Å². The summed E-state index contributed by atoms with van der Waals surface area (Å²) in [5, 5.41) is 3.40. The molecule has 1 rings (SSSR count). The Morgan fingerprint density at radius 3 is 2.64 bits per heavy atom. The van der Waals surface area contributed by atoms with Crippen LogP contribution in [-0.4, -0.2) is 35.6 Å². The third-order valence-electron chi connectivity index (χ3n) is 1.56. The van der Waals surface area contributed by atoms with Gasteiger partial charge in [-0.15, -0.1) is 0 Å². The Morgan fingerprint density at radius 2 is 2.27 bits per heavy atom. The SMILES string of the molecule is NC(=O)CNC(=S)N1CCC1. The number of hydrogen-bond donors (Lipinski definition) is 2. The zero-order valence-electron chi connectivity index (χ0n) is 6.17. The molecule has 4 nitrogen and oxygen atoms in total. The fourth-order valence-corrected chi connectivity index (χ4v) is 1.05. The summed E-state index contributed by atoms with van der Waals surface area (Å²) in [4.78, 5) is 12.3. The predicted molar refractivity (Wildman–Crippen MR) is 46.0 cm³/mol. The summed E-state index contributed by atoms with van der Waals surface area (Å²) in [6, 6.07) is 0. The fourth-order valence-electron chi connectivity index (χ4n) is 0.794. The number of nitrogens with zero attached hydrogens (tertiary/aromatic N) is 1. The van der Waals surface area contributed by atoms with Crippen LogP contribution in [0.5, 0.6) is 0 Å². The molecule has 0 aliphatic carbocycles. The average Bonchev–Trinajstić information content (AvgIpc) is 1.79. The molecule has 1 heterocycles. The largest absolute Gasteiger partial charge is 0.368 e. The Morgan fingerprint density at radius 1 is 1.64 bits per heavy atom. The minimum absolute atomic E-state index is 0.134. The first-order valence-electron chi connectivity index (χ1n) is 3.51. The second kappa shape index (κ2) is 3.52. The lowest BCUT2D eigenvalue weighted by atomic mass is 10.2. The number of rotatable bonds is 2. The van der Waals surface area contributed by atoms with Crippen molar-refractivity contribution >= 4 is 23.2 Å². The highest BCUT2D eigenvalue weighted by atomic mass is 32.1. The Bertz CT molecular complexity index is 179. The van der Waals surface area contributed by atoms with Crippen LogP contribution in [-0.2, 0) is 4.79 Å². The van der Waals surface area contributed by atoms with Crippen molar-refractivity contribution < 1.29 is 4.79 Å². The molecule has 62 valence electrons. The van der Waals surface area contributed by atoms with E-state index < -0.39 is 0 Å². The van der Waals surface area contributed by atoms with Gasteiger partial charge in [0.1, 0.15) is 0 Å². The summed E-state index contributed by atoms with van der Waals surface area (Å²) in [5.74, 6) is -0.382. The number of primary amides is 1. The molecular formula is C6H11N3OS. The topological polar surface area (TPSA) is 58.4 Å². The molecule has 0 saturated carbocycles. The fraction of sp³-hybridized carbons (Fsp3) is 0.667. The lowest BCUT2D eigenvalue weighted by Gasteiger charge is -2.33. The Balaban J connectivity index is 2.15. The summed E-state index contributed by atoms with van der Waals surface area (Å²) in [5.41, 5.74) is 4.92. The summed E-state index contributed by atoms with van der Waals surface area (Å²) in [6.45, 7) is 2.12. The molecule has 0 aromatic carbocycles. The Kier molecular flexibility index (Phi) is 2.64. The molecule has 0 spiro atoms. The molecule has 1 saturated heterocycles. The minimum Gasteiger partial charge on any atom is -0.368 e. The highest BCUT2D eigenvalue weighted by Crippen LogP contribution is 2.04. The van der Waals surface area contributed by atoms with Gasteiger partial charge in [0.2, 0.25) is 5.91 Å². The van der Waals surface area contributed by atoms with Crippen LogP contribution < -0.4 is 11.1 Å². The van der Waals surface area contributed by atoms with Crippen molar-refractivity contribution in [2.45, 2.75) is 6.42 Å². The first kappa shape index (κ1) is 8.26. The zero-order valence-corrected chi connectivity index (χ0v) is 6.99. The van der Waals surface area contributed by atoms with E-state index in [4.69, 9.17) is 18.0 Å². The Hall–Kier alpha value is -0.840. The van der Waals surface area contributed by atoms with Gasteiger partial charge in [-0.3, -0.25) is 4.79 Å². The molecule has 1 aliphatic heterocycles. The van der Waals surface area contributed by atoms with Gasteiger partial charge in [0.15, 0.2) is 5.11 Å². The minimum atomic E-state index is -0.382. The first-order chi connectivity index (χ1) is 5.20. The predicted octanol–water partition coefficient (Wildman–Crippen LogP) is -0.948. The lowest BCUT2D eigenvalue weighted by Crippen LogP contribution is -2.49. The second-order valence-corrected chi connectivity index (χ2v) is 2.85. The van der Waals surface area contributed by atoms with Crippen LogP contribution in [0.15, 0.2) is 0 Å². The number of carbonyl (C=O) groups is 1. The number of thiocarbonyl (C=S) groups is 1. The van der Waals surface area contributed by atoms with Crippen molar-refractivity contribution in [3.05, 3.63) is 0 Å². The van der Waals surface area contributed by atoms with Crippen LogP contribution in [0.4, 0.5) is 0 Å². The van der Waals surface area contributed by atoms with Gasteiger partial charge in [-0.2, -0.15) is 0 Å². The maximum absolute atomic E-state index is 10.3. The molecule has 0 aromatic rings. The van der Waals surface area contributed by atoms with Crippen LogP contribution in [0.1, 0.15) is 6.42 Å². The van der Waals surface area contributed by atoms with Crippen LogP contribution >= 0.6 is 12.2 Å². The number of hydrogen-bond acceptors (Lipinski definition) is 2. The van der Waals surface area contributed by atoms with Gasteiger partial charge in [-0.1, -0.05) is 0 Å². The van der Waals surface area contributed by atoms with E-state index in [9.17, 15) is 4.79 Å². The van der Waals surface area contributed by atoms with Gasteiger partial charge in [-0.25, -0.2) is 0 Å². The van der Waals surface area contributed by atoms with E-state index in [2.05, 4.69) is 5.32 Å². The van der Waals surface area contributed by atoms with E-state index in [-0.39, 0.29) is 12.5 Å². The van der Waals surface area contributed by atoms with Crippen molar-refractivity contribution in [2.75, 3.05) is 19.6 Å². The summed E-state index contributed by atoms with van der Waals surface area (Å²) in [6.07, 6.45) is 1.18. The lowest BCUT2D eigenvalue weighted by molar-refractivity contribution is -0.117. The van der Waals surface area contributed by atoms with E-state index >= 15 is 0 Å². The third kappa shape index (κ3) is 2.34. The molecule has 0 unspecified atom stereocenters. The van der Waals surface area contributed by atoms with E-state index in [0.29, 0.717) is 5.11 Å². The van der Waals surface area contributed by atoms with Crippen LogP contribution in [0, 0.1) is 0 Å². The van der Waals surface area contributed by atoms with Crippen molar-refractivity contribution in [2.24, 2.45) is 5.73 Å². The van der Waals surface area contributed by atoms with Gasteiger partial charge in [-0.05, 0) is 18.6 Å². The highest BCUT2D eigenvalue weighted by Gasteiger charge is 2.16. The summed E-state index contributed by atoms with van der Waals surface area (Å²) < 4.78 is 0. The molecule has 1 amide bonds. The third-order valence-corrected chi connectivity index (χ3v) is 1.96. The van der Waals surface area contributed by atoms with E-state index in [1.54, 1.807) is 0 Å². The van der Waals surface area contributed by atoms with Crippen molar-refractivity contribution in [3.63, 3.8) is 0 Å². The molecule has 5 heteroatoms. The van der Waals surface area contributed by atoms with Crippen molar-refractivity contribution in [1.29, 1.82) is 0 Å². The molecule has 0 aromatic heterocycles. The van der Waals surface area contributed by atoms with Crippen LogP contribution in [0.2, 0.25) is 0 Å². The van der Waals surface area contributed by atoms with Gasteiger partial charge in [0, 0.05) is 13.1 Å². The number of amides is 1. The molecule has 1 aliphatic rings. The highest BCUT2D eigenvalue weighted by molar-refractivity contribution is 7.80. The molecule has 11 heavy (non-hydrogen) atoms. The van der Waals surface area contributed by atoms with Crippen molar-refractivity contribution in [1.82, 2.24) is 10.2 Å². The van der Waals surface area contributed by atoms with Gasteiger partial charge in [0.05, 0.1) is 6.54 Å². The number of carbonyl (C=O) groups excluding carboxylic acids is 1. The quantitative estimate of drug-likeness (QED) is 0.529. The van der Waals surface area contributed by atoms with E-state index in [1.165, 1.54) is 6.42 Å². The summed E-state index contributed by atoms with van der Waals surface area (Å²) >= 11 is 4.95. The second-order valence-electron chi connectivity index (χ2n) is 2.47. The van der Waals surface area contributed by atoms with Crippen LogP contribution in [0.3, 0.4) is 0 Å². The smallest absolute Gasteiger partial charge is 0.236 e. The first-order valence-corrected chi connectivity index (χ1v) is 3.92. The standard InChI is InChI=1S/C6H11N3OS/c7-5(10)4-8-6(11)9-2-1-3-9/h1-4H2,(H2,7,10)(H,8,11). The monoisotopic (exact) mass is 173 g/mol. The summed E-state index contributed by atoms with van der Waals surface area (Å²) in [7, 11) is 0. The van der Waals surface area contributed by atoms with Gasteiger partial charge < -0.3 is 16.0 Å². The molecular weight excluding hydrogens is 162 g/mol. The maximum atomic E-state index is 10.3.